The molecule has 2 heterocycles. The maximum absolute atomic E-state index is 11.6. The molecule has 1 saturated heterocycles. The third kappa shape index (κ3) is 3.81. The van der Waals surface area contributed by atoms with E-state index < -0.39 is 16.1 Å². The Morgan fingerprint density at radius 1 is 1.00 bits per heavy atom. The van der Waals surface area contributed by atoms with E-state index in [1.165, 1.54) is 6.26 Å². The van der Waals surface area contributed by atoms with Crippen LogP contribution in [0, 0.1) is 0 Å². The highest BCUT2D eigenvalue weighted by Crippen LogP contribution is 2.43. The molecule has 2 aromatic carbocycles. The van der Waals surface area contributed by atoms with E-state index in [0.29, 0.717) is 18.1 Å². The highest BCUT2D eigenvalue weighted by atomic mass is 32.2. The van der Waals surface area contributed by atoms with E-state index in [-0.39, 0.29) is 17.1 Å². The maximum Gasteiger partial charge on any atom is 0.267 e. The van der Waals surface area contributed by atoms with Crippen LogP contribution in [0.15, 0.2) is 47.4 Å². The van der Waals surface area contributed by atoms with Crippen molar-refractivity contribution in [1.29, 1.82) is 0 Å². The predicted molar refractivity (Wildman–Crippen MR) is 98.7 cm³/mol. The molecule has 0 aliphatic carbocycles. The third-order valence-electron chi connectivity index (χ3n) is 4.96. The van der Waals surface area contributed by atoms with Crippen LogP contribution in [-0.2, 0) is 19.3 Å². The van der Waals surface area contributed by atoms with Gasteiger partial charge in [-0.25, -0.2) is 8.42 Å². The minimum atomic E-state index is -3.23. The van der Waals surface area contributed by atoms with Crippen LogP contribution in [0.25, 0.3) is 0 Å². The summed E-state index contributed by atoms with van der Waals surface area (Å²) in [7, 11) is -1.50. The summed E-state index contributed by atoms with van der Waals surface area (Å²) in [5, 5.41) is 0. The molecule has 7 heteroatoms. The van der Waals surface area contributed by atoms with Gasteiger partial charge in [0.15, 0.2) is 21.3 Å². The van der Waals surface area contributed by atoms with Gasteiger partial charge in [-0.2, -0.15) is 0 Å². The van der Waals surface area contributed by atoms with Gasteiger partial charge in [-0.05, 0) is 36.2 Å². The van der Waals surface area contributed by atoms with Crippen molar-refractivity contribution in [1.82, 2.24) is 0 Å². The summed E-state index contributed by atoms with van der Waals surface area (Å²) < 4.78 is 46.3. The van der Waals surface area contributed by atoms with Crippen molar-refractivity contribution < 1.29 is 27.4 Å². The predicted octanol–water partition coefficient (Wildman–Crippen LogP) is 3.43. The summed E-state index contributed by atoms with van der Waals surface area (Å²) in [5.41, 5.74) is 1.79. The van der Waals surface area contributed by atoms with Crippen LogP contribution in [0.1, 0.15) is 36.4 Å². The first-order valence-corrected chi connectivity index (χ1v) is 10.7. The molecule has 0 bridgehead atoms. The lowest BCUT2D eigenvalue weighted by Gasteiger charge is -2.29. The Kier molecular flexibility index (Phi) is 4.84. The number of methoxy groups -OCH3 is 1. The average Bonchev–Trinajstić information content (AvgIpc) is 3.11. The molecule has 3 atom stereocenters. The van der Waals surface area contributed by atoms with Crippen LogP contribution in [0.4, 0.5) is 0 Å². The van der Waals surface area contributed by atoms with Gasteiger partial charge in [-0.1, -0.05) is 18.2 Å². The molecule has 3 unspecified atom stereocenters. The van der Waals surface area contributed by atoms with E-state index in [1.807, 2.05) is 18.2 Å². The zero-order chi connectivity index (χ0) is 19.0. The summed E-state index contributed by atoms with van der Waals surface area (Å²) in [6, 6.07) is 12.4. The van der Waals surface area contributed by atoms with E-state index in [4.69, 9.17) is 18.9 Å². The second kappa shape index (κ2) is 7.14. The molecule has 0 saturated carbocycles. The van der Waals surface area contributed by atoms with Gasteiger partial charge in [0, 0.05) is 32.0 Å². The molecule has 0 aromatic heterocycles. The van der Waals surface area contributed by atoms with Gasteiger partial charge in [0.05, 0.1) is 17.1 Å². The van der Waals surface area contributed by atoms with Gasteiger partial charge in [0.2, 0.25) is 0 Å². The molecular weight excluding hydrogens is 368 g/mol. The molecule has 2 aliphatic heterocycles. The van der Waals surface area contributed by atoms with Crippen LogP contribution in [0.3, 0.4) is 0 Å². The van der Waals surface area contributed by atoms with Crippen molar-refractivity contribution in [2.45, 2.75) is 36.2 Å². The van der Waals surface area contributed by atoms with E-state index >= 15 is 0 Å². The Balaban J connectivity index is 1.50. The highest BCUT2D eigenvalue weighted by molar-refractivity contribution is 7.90. The number of rotatable bonds is 4. The molecule has 27 heavy (non-hydrogen) atoms. The summed E-state index contributed by atoms with van der Waals surface area (Å²) in [5.74, 6) is 1.32. The Morgan fingerprint density at radius 2 is 1.70 bits per heavy atom. The number of benzene rings is 2. The van der Waals surface area contributed by atoms with Crippen molar-refractivity contribution in [2.75, 3.05) is 20.0 Å². The number of hydrogen-bond donors (Lipinski definition) is 0. The van der Waals surface area contributed by atoms with Crippen molar-refractivity contribution in [3.8, 4) is 11.5 Å². The normalized spacial score (nSPS) is 24.7. The minimum absolute atomic E-state index is 0.0225. The number of ether oxygens (including phenoxy) is 4. The first-order chi connectivity index (χ1) is 12.9. The average molecular weight is 390 g/mol. The van der Waals surface area contributed by atoms with Crippen LogP contribution < -0.4 is 9.47 Å². The smallest absolute Gasteiger partial charge is 0.267 e. The largest absolute Gasteiger partial charge is 0.447 e. The minimum Gasteiger partial charge on any atom is -0.447 e. The number of sulfone groups is 1. The first kappa shape index (κ1) is 18.3. The summed E-state index contributed by atoms with van der Waals surface area (Å²) in [6.45, 7) is 0.674. The summed E-state index contributed by atoms with van der Waals surface area (Å²) in [6.07, 6.45) is 2.49. The number of hydrogen-bond acceptors (Lipinski definition) is 6. The van der Waals surface area contributed by atoms with E-state index in [9.17, 15) is 8.42 Å². The van der Waals surface area contributed by atoms with Crippen LogP contribution in [0.5, 0.6) is 11.5 Å². The maximum atomic E-state index is 11.6. The lowest BCUT2D eigenvalue weighted by molar-refractivity contribution is -0.0599. The molecule has 2 aromatic rings. The molecule has 4 rings (SSSR count). The lowest BCUT2D eigenvalue weighted by atomic mass is 9.99. The molecule has 1 fully saturated rings. The van der Waals surface area contributed by atoms with Gasteiger partial charge in [0.1, 0.15) is 0 Å². The standard InChI is InChI=1S/C20H22O6S/c1-23-15-9-10-24-18(12-15)14-5-8-17-19(11-14)26-20(25-17)13-3-6-16(7-4-13)27(2,21)22/h3-8,11,15,18,20H,9-10,12H2,1-2H3. The molecule has 0 radical (unpaired) electrons. The van der Waals surface area contributed by atoms with Gasteiger partial charge in [-0.3, -0.25) is 0 Å². The van der Waals surface area contributed by atoms with Crippen molar-refractivity contribution >= 4 is 9.84 Å². The Labute approximate surface area is 158 Å². The molecule has 2 aliphatic rings. The summed E-state index contributed by atoms with van der Waals surface area (Å²) >= 11 is 0. The zero-order valence-electron chi connectivity index (χ0n) is 15.3. The van der Waals surface area contributed by atoms with Gasteiger partial charge in [-0.15, -0.1) is 0 Å². The van der Waals surface area contributed by atoms with Crippen LogP contribution >= 0.6 is 0 Å². The van der Waals surface area contributed by atoms with Crippen molar-refractivity contribution in [3.63, 3.8) is 0 Å². The fourth-order valence-electron chi connectivity index (χ4n) is 3.39. The Bertz CT molecular complexity index is 922. The lowest BCUT2D eigenvalue weighted by Crippen LogP contribution is -2.25. The van der Waals surface area contributed by atoms with Crippen molar-refractivity contribution in [2.24, 2.45) is 0 Å². The third-order valence-corrected chi connectivity index (χ3v) is 6.09. The first-order valence-electron chi connectivity index (χ1n) is 8.86. The topological polar surface area (TPSA) is 71.1 Å². The van der Waals surface area contributed by atoms with Crippen LogP contribution in [-0.4, -0.2) is 34.5 Å². The highest BCUT2D eigenvalue weighted by Gasteiger charge is 2.29. The molecule has 144 valence electrons. The SMILES string of the molecule is COC1CCOC(c2ccc3c(c2)OC(c2ccc(S(C)(=O)=O)cc2)O3)C1. The second-order valence-corrected chi connectivity index (χ2v) is 8.87. The molecular formula is C20H22O6S. The van der Waals surface area contributed by atoms with E-state index in [0.717, 1.165) is 24.0 Å². The fraction of sp³-hybridized carbons (Fsp3) is 0.400. The van der Waals surface area contributed by atoms with E-state index in [2.05, 4.69) is 0 Å². The fourth-order valence-corrected chi connectivity index (χ4v) is 4.02. The summed E-state index contributed by atoms with van der Waals surface area (Å²) in [4.78, 5) is 0.270. The second-order valence-electron chi connectivity index (χ2n) is 6.86. The number of fused-ring (bicyclic) bond motifs is 1. The van der Waals surface area contributed by atoms with E-state index in [1.54, 1.807) is 31.4 Å². The molecule has 0 amide bonds. The van der Waals surface area contributed by atoms with Crippen LogP contribution in [0.2, 0.25) is 0 Å². The van der Waals surface area contributed by atoms with Gasteiger partial charge >= 0.3 is 0 Å². The Hall–Kier alpha value is -2.09. The van der Waals surface area contributed by atoms with Gasteiger partial charge < -0.3 is 18.9 Å². The van der Waals surface area contributed by atoms with Gasteiger partial charge in [0.25, 0.3) is 6.29 Å². The Morgan fingerprint density at radius 3 is 2.41 bits per heavy atom. The monoisotopic (exact) mass is 390 g/mol. The molecule has 6 nitrogen and oxygen atoms in total. The zero-order valence-corrected chi connectivity index (χ0v) is 16.1. The molecule has 0 N–H and O–H groups in total. The van der Waals surface area contributed by atoms with Crippen molar-refractivity contribution in [3.05, 3.63) is 53.6 Å². The molecule has 0 spiro atoms. The quantitative estimate of drug-likeness (QED) is 0.797.